The van der Waals surface area contributed by atoms with Gasteiger partial charge in [0.25, 0.3) is 11.6 Å². The highest BCUT2D eigenvalue weighted by molar-refractivity contribution is 7.89. The molecule has 1 fully saturated rings. The minimum absolute atomic E-state index is 0.0214. The van der Waals surface area contributed by atoms with Crippen molar-refractivity contribution in [3.05, 3.63) is 64.2 Å². The summed E-state index contributed by atoms with van der Waals surface area (Å²) in [6.45, 7) is 0.163. The largest absolute Gasteiger partial charge is 0.484 e. The molecule has 2 aromatic carbocycles. The zero-order valence-electron chi connectivity index (χ0n) is 17.0. The predicted octanol–water partition coefficient (Wildman–Crippen LogP) is 2.55. The summed E-state index contributed by atoms with van der Waals surface area (Å²) in [5.41, 5.74) is 0.848. The average Bonchev–Trinajstić information content (AvgIpc) is 3.25. The summed E-state index contributed by atoms with van der Waals surface area (Å²) >= 11 is 0. The van der Waals surface area contributed by atoms with E-state index in [4.69, 9.17) is 4.74 Å². The number of hydrogen-bond donors (Lipinski definition) is 2. The van der Waals surface area contributed by atoms with E-state index in [1.165, 1.54) is 24.3 Å². The van der Waals surface area contributed by atoms with E-state index in [9.17, 15) is 23.3 Å². The summed E-state index contributed by atoms with van der Waals surface area (Å²) in [4.78, 5) is 22.2. The second kappa shape index (κ2) is 10.4. The predicted molar refractivity (Wildman–Crippen MR) is 114 cm³/mol. The third-order valence-corrected chi connectivity index (χ3v) is 6.60. The second-order valence-electron chi connectivity index (χ2n) is 7.39. The van der Waals surface area contributed by atoms with Crippen LogP contribution in [0.4, 0.5) is 5.69 Å². The van der Waals surface area contributed by atoms with Gasteiger partial charge in [0.2, 0.25) is 10.0 Å². The SMILES string of the molecule is O=C(COc1ccc([N+](=O)[O-])cc1)NCCc1ccc(S(=O)(=O)NC2CCCC2)cc1. The van der Waals surface area contributed by atoms with E-state index in [-0.39, 0.29) is 29.1 Å². The van der Waals surface area contributed by atoms with Gasteiger partial charge in [0, 0.05) is 24.7 Å². The van der Waals surface area contributed by atoms with Gasteiger partial charge in [-0.3, -0.25) is 14.9 Å². The topological polar surface area (TPSA) is 128 Å². The number of amides is 1. The van der Waals surface area contributed by atoms with Crippen molar-refractivity contribution in [2.75, 3.05) is 13.2 Å². The summed E-state index contributed by atoms with van der Waals surface area (Å²) in [6.07, 6.45) is 4.41. The lowest BCUT2D eigenvalue weighted by atomic mass is 10.1. The first-order chi connectivity index (χ1) is 14.8. The number of hydrogen-bond acceptors (Lipinski definition) is 6. The fourth-order valence-electron chi connectivity index (χ4n) is 3.38. The lowest BCUT2D eigenvalue weighted by Crippen LogP contribution is -2.32. The Bertz CT molecular complexity index is 1000. The van der Waals surface area contributed by atoms with Crippen LogP contribution in [0.5, 0.6) is 5.75 Å². The van der Waals surface area contributed by atoms with Crippen molar-refractivity contribution in [3.8, 4) is 5.75 Å². The van der Waals surface area contributed by atoms with Gasteiger partial charge in [0.15, 0.2) is 6.61 Å². The van der Waals surface area contributed by atoms with Crippen LogP contribution in [0.2, 0.25) is 0 Å². The average molecular weight is 448 g/mol. The molecule has 2 N–H and O–H groups in total. The fraction of sp³-hybridized carbons (Fsp3) is 0.381. The van der Waals surface area contributed by atoms with Crippen molar-refractivity contribution < 1.29 is 22.9 Å². The van der Waals surface area contributed by atoms with Gasteiger partial charge >= 0.3 is 0 Å². The van der Waals surface area contributed by atoms with Gasteiger partial charge in [-0.25, -0.2) is 13.1 Å². The van der Waals surface area contributed by atoms with Crippen LogP contribution in [-0.2, 0) is 21.2 Å². The number of nitro benzene ring substituents is 1. The molecule has 0 saturated heterocycles. The van der Waals surface area contributed by atoms with Crippen LogP contribution in [0.1, 0.15) is 31.2 Å². The van der Waals surface area contributed by atoms with Crippen LogP contribution in [-0.4, -0.2) is 38.4 Å². The molecule has 9 nitrogen and oxygen atoms in total. The summed E-state index contributed by atoms with van der Waals surface area (Å²) in [5, 5.41) is 13.3. The summed E-state index contributed by atoms with van der Waals surface area (Å²) < 4.78 is 32.9. The molecule has 1 aliphatic rings. The number of nitrogens with one attached hydrogen (secondary N) is 2. The van der Waals surface area contributed by atoms with Gasteiger partial charge in [-0.1, -0.05) is 25.0 Å². The summed E-state index contributed by atoms with van der Waals surface area (Å²) in [6, 6.07) is 12.1. The Balaban J connectivity index is 1.40. The van der Waals surface area contributed by atoms with E-state index in [1.807, 2.05) is 0 Å². The molecule has 1 aliphatic carbocycles. The molecular formula is C21H25N3O6S. The number of nitro groups is 1. The molecule has 0 atom stereocenters. The number of nitrogens with zero attached hydrogens (tertiary/aromatic N) is 1. The maximum absolute atomic E-state index is 12.4. The van der Waals surface area contributed by atoms with Crippen molar-refractivity contribution in [3.63, 3.8) is 0 Å². The smallest absolute Gasteiger partial charge is 0.269 e. The van der Waals surface area contributed by atoms with Crippen LogP contribution in [0.3, 0.4) is 0 Å². The number of non-ortho nitro benzene ring substituents is 1. The van der Waals surface area contributed by atoms with Gasteiger partial charge in [-0.05, 0) is 49.1 Å². The maximum Gasteiger partial charge on any atom is 0.269 e. The molecule has 0 spiro atoms. The Labute approximate surface area is 181 Å². The molecule has 10 heteroatoms. The zero-order chi connectivity index (χ0) is 22.3. The molecule has 0 bridgehead atoms. The minimum atomic E-state index is -3.51. The first kappa shape index (κ1) is 22.7. The van der Waals surface area contributed by atoms with Crippen molar-refractivity contribution in [2.45, 2.75) is 43.0 Å². The molecule has 0 heterocycles. The third kappa shape index (κ3) is 6.76. The Morgan fingerprint density at radius 3 is 2.32 bits per heavy atom. The van der Waals surface area contributed by atoms with Crippen LogP contribution in [0.25, 0.3) is 0 Å². The van der Waals surface area contributed by atoms with Gasteiger partial charge in [-0.15, -0.1) is 0 Å². The van der Waals surface area contributed by atoms with Crippen molar-refractivity contribution in [2.24, 2.45) is 0 Å². The van der Waals surface area contributed by atoms with Crippen LogP contribution < -0.4 is 14.8 Å². The summed E-state index contributed by atoms with van der Waals surface area (Å²) in [5.74, 6) is 0.0436. The monoisotopic (exact) mass is 447 g/mol. The third-order valence-electron chi connectivity index (χ3n) is 5.06. The number of sulfonamides is 1. The van der Waals surface area contributed by atoms with Crippen LogP contribution in [0.15, 0.2) is 53.4 Å². The number of carbonyl (C=O) groups excluding carboxylic acids is 1. The molecule has 3 rings (SSSR count). The van der Waals surface area contributed by atoms with E-state index in [2.05, 4.69) is 10.0 Å². The molecule has 31 heavy (non-hydrogen) atoms. The number of ether oxygens (including phenoxy) is 1. The molecular weight excluding hydrogens is 422 g/mol. The highest BCUT2D eigenvalue weighted by Crippen LogP contribution is 2.21. The quantitative estimate of drug-likeness (QED) is 0.426. The van der Waals surface area contributed by atoms with Crippen molar-refractivity contribution >= 4 is 21.6 Å². The Morgan fingerprint density at radius 2 is 1.71 bits per heavy atom. The molecule has 1 amide bonds. The molecule has 2 aromatic rings. The lowest BCUT2D eigenvalue weighted by Gasteiger charge is -2.13. The van der Waals surface area contributed by atoms with E-state index >= 15 is 0 Å². The highest BCUT2D eigenvalue weighted by Gasteiger charge is 2.22. The van der Waals surface area contributed by atoms with E-state index < -0.39 is 14.9 Å². The Kier molecular flexibility index (Phi) is 7.59. The molecule has 1 saturated carbocycles. The van der Waals surface area contributed by atoms with E-state index in [0.29, 0.717) is 18.7 Å². The Hall–Kier alpha value is -2.98. The number of carbonyl (C=O) groups is 1. The van der Waals surface area contributed by atoms with Gasteiger partial charge in [0.05, 0.1) is 9.82 Å². The minimum Gasteiger partial charge on any atom is -0.484 e. The van der Waals surface area contributed by atoms with E-state index in [0.717, 1.165) is 31.2 Å². The van der Waals surface area contributed by atoms with E-state index in [1.54, 1.807) is 24.3 Å². The van der Waals surface area contributed by atoms with Gasteiger partial charge < -0.3 is 10.1 Å². The number of rotatable bonds is 10. The molecule has 0 unspecified atom stereocenters. The van der Waals surface area contributed by atoms with Crippen molar-refractivity contribution in [1.82, 2.24) is 10.0 Å². The van der Waals surface area contributed by atoms with Gasteiger partial charge in [0.1, 0.15) is 5.75 Å². The van der Waals surface area contributed by atoms with Crippen LogP contribution in [0, 0.1) is 10.1 Å². The summed E-state index contributed by atoms with van der Waals surface area (Å²) in [7, 11) is -3.51. The molecule has 0 aliphatic heterocycles. The molecule has 166 valence electrons. The first-order valence-electron chi connectivity index (χ1n) is 10.1. The van der Waals surface area contributed by atoms with Crippen molar-refractivity contribution in [1.29, 1.82) is 0 Å². The normalized spacial score (nSPS) is 14.3. The maximum atomic E-state index is 12.4. The Morgan fingerprint density at radius 1 is 1.06 bits per heavy atom. The first-order valence-corrected chi connectivity index (χ1v) is 11.6. The highest BCUT2D eigenvalue weighted by atomic mass is 32.2. The molecule has 0 radical (unpaired) electrons. The molecule has 0 aromatic heterocycles. The van der Waals surface area contributed by atoms with Gasteiger partial charge in [-0.2, -0.15) is 0 Å². The second-order valence-corrected chi connectivity index (χ2v) is 9.10. The zero-order valence-corrected chi connectivity index (χ0v) is 17.8. The standard InChI is InChI=1S/C21H25N3O6S/c25-21(15-30-19-9-7-18(8-10-19)24(26)27)22-14-13-16-5-11-20(12-6-16)31(28,29)23-17-3-1-2-4-17/h5-12,17,23H,1-4,13-15H2,(H,22,25). The number of benzene rings is 2. The fourth-order valence-corrected chi connectivity index (χ4v) is 4.68. The van der Waals surface area contributed by atoms with Crippen LogP contribution >= 0.6 is 0 Å². The lowest BCUT2D eigenvalue weighted by molar-refractivity contribution is -0.384.